The highest BCUT2D eigenvalue weighted by molar-refractivity contribution is 5.98. The highest BCUT2D eigenvalue weighted by Gasteiger charge is 2.18. The molecule has 1 unspecified atom stereocenters. The van der Waals surface area contributed by atoms with Crippen LogP contribution in [0.15, 0.2) is 18.3 Å². The van der Waals surface area contributed by atoms with Crippen molar-refractivity contribution in [2.24, 2.45) is 5.73 Å². The van der Waals surface area contributed by atoms with Crippen LogP contribution >= 0.6 is 0 Å². The Morgan fingerprint density at radius 2 is 2.27 bits per heavy atom. The van der Waals surface area contributed by atoms with Crippen molar-refractivity contribution in [1.29, 1.82) is 0 Å². The smallest absolute Gasteiger partial charge is 0.288 e. The molecule has 2 heterocycles. The van der Waals surface area contributed by atoms with Gasteiger partial charge in [-0.1, -0.05) is 0 Å². The lowest BCUT2D eigenvalue weighted by Gasteiger charge is -2.15. The van der Waals surface area contributed by atoms with Gasteiger partial charge in [-0.2, -0.15) is 5.10 Å². The topological polar surface area (TPSA) is 140 Å². The Balaban J connectivity index is 2.17. The fourth-order valence-electron chi connectivity index (χ4n) is 2.03. The standard InChI is InChI=1S/C13H16N6O3/c1-7(3-9-4-8(2)17-18-9)16-13-11(12(14)20)5-10(6-15-13)19(21)22/h4-7H,3H2,1-2H3,(H2,14,20)(H,15,16)(H,17,18). The Labute approximate surface area is 126 Å². The number of hydrogen-bond donors (Lipinski definition) is 3. The maximum absolute atomic E-state index is 11.4. The van der Waals surface area contributed by atoms with E-state index in [9.17, 15) is 14.9 Å². The number of aromatic amines is 1. The molecule has 22 heavy (non-hydrogen) atoms. The SMILES string of the molecule is Cc1cc(CC(C)Nc2ncc([N+](=O)[O-])cc2C(N)=O)n[nH]1. The number of amides is 1. The Hall–Kier alpha value is -2.97. The number of nitrogens with zero attached hydrogens (tertiary/aromatic N) is 3. The third kappa shape index (κ3) is 3.57. The second-order valence-corrected chi connectivity index (χ2v) is 5.00. The molecule has 1 amide bonds. The van der Waals surface area contributed by atoms with Crippen LogP contribution in [0.2, 0.25) is 0 Å². The molecule has 0 aliphatic carbocycles. The minimum atomic E-state index is -0.776. The molecule has 116 valence electrons. The molecule has 0 saturated heterocycles. The number of hydrogen-bond acceptors (Lipinski definition) is 6. The van der Waals surface area contributed by atoms with Gasteiger partial charge in [0.05, 0.1) is 16.2 Å². The molecule has 0 aromatic carbocycles. The summed E-state index contributed by atoms with van der Waals surface area (Å²) in [5.41, 5.74) is 6.77. The van der Waals surface area contributed by atoms with Crippen molar-refractivity contribution in [2.75, 3.05) is 5.32 Å². The number of anilines is 1. The van der Waals surface area contributed by atoms with Crippen molar-refractivity contribution in [1.82, 2.24) is 15.2 Å². The van der Waals surface area contributed by atoms with Crippen LogP contribution in [0, 0.1) is 17.0 Å². The van der Waals surface area contributed by atoms with Gasteiger partial charge in [0.2, 0.25) is 0 Å². The lowest BCUT2D eigenvalue weighted by molar-refractivity contribution is -0.385. The Morgan fingerprint density at radius 1 is 1.55 bits per heavy atom. The zero-order valence-electron chi connectivity index (χ0n) is 12.2. The molecule has 0 bridgehead atoms. The zero-order chi connectivity index (χ0) is 16.3. The average Bonchev–Trinajstić information content (AvgIpc) is 2.83. The molecule has 2 aromatic heterocycles. The fourth-order valence-corrected chi connectivity index (χ4v) is 2.03. The molecule has 0 fully saturated rings. The minimum absolute atomic E-state index is 0.0146. The van der Waals surface area contributed by atoms with E-state index in [1.165, 1.54) is 0 Å². The summed E-state index contributed by atoms with van der Waals surface area (Å²) in [6, 6.07) is 2.94. The minimum Gasteiger partial charge on any atom is -0.367 e. The first kappa shape index (κ1) is 15.4. The summed E-state index contributed by atoms with van der Waals surface area (Å²) in [7, 11) is 0. The van der Waals surface area contributed by atoms with Gasteiger partial charge in [0.25, 0.3) is 11.6 Å². The van der Waals surface area contributed by atoms with Gasteiger partial charge in [-0.25, -0.2) is 4.98 Å². The summed E-state index contributed by atoms with van der Waals surface area (Å²) in [6.07, 6.45) is 1.68. The van der Waals surface area contributed by atoms with Crippen molar-refractivity contribution < 1.29 is 9.72 Å². The van der Waals surface area contributed by atoms with Crippen LogP contribution in [0.5, 0.6) is 0 Å². The number of aromatic nitrogens is 3. The van der Waals surface area contributed by atoms with Crippen LogP contribution in [0.25, 0.3) is 0 Å². The number of nitrogens with two attached hydrogens (primary N) is 1. The lowest BCUT2D eigenvalue weighted by Crippen LogP contribution is -2.23. The molecule has 0 spiro atoms. The summed E-state index contributed by atoms with van der Waals surface area (Å²) in [4.78, 5) is 25.5. The van der Waals surface area contributed by atoms with Crippen molar-refractivity contribution >= 4 is 17.4 Å². The third-order valence-electron chi connectivity index (χ3n) is 3.01. The van der Waals surface area contributed by atoms with Gasteiger partial charge in [-0.3, -0.25) is 20.0 Å². The Kier molecular flexibility index (Phi) is 4.35. The van der Waals surface area contributed by atoms with Gasteiger partial charge in [0, 0.05) is 24.2 Å². The molecule has 9 nitrogen and oxygen atoms in total. The molecule has 2 aromatic rings. The number of nitro groups is 1. The van der Waals surface area contributed by atoms with E-state index >= 15 is 0 Å². The van der Waals surface area contributed by atoms with E-state index in [2.05, 4.69) is 20.5 Å². The molecule has 2 rings (SSSR count). The zero-order valence-corrected chi connectivity index (χ0v) is 12.2. The molecule has 1 atom stereocenters. The predicted molar refractivity (Wildman–Crippen MR) is 79.5 cm³/mol. The van der Waals surface area contributed by atoms with Gasteiger partial charge >= 0.3 is 0 Å². The molecular formula is C13H16N6O3. The van der Waals surface area contributed by atoms with E-state index in [-0.39, 0.29) is 23.1 Å². The van der Waals surface area contributed by atoms with Crippen LogP contribution in [0.4, 0.5) is 11.5 Å². The second-order valence-electron chi connectivity index (χ2n) is 5.00. The summed E-state index contributed by atoms with van der Waals surface area (Å²) < 4.78 is 0. The van der Waals surface area contributed by atoms with E-state index < -0.39 is 10.8 Å². The first-order chi connectivity index (χ1) is 10.4. The maximum Gasteiger partial charge on any atom is 0.288 e. The number of rotatable bonds is 6. The summed E-state index contributed by atoms with van der Waals surface area (Å²) in [5.74, 6) is -0.556. The molecule has 4 N–H and O–H groups in total. The number of primary amides is 1. The number of aryl methyl sites for hydroxylation is 1. The van der Waals surface area contributed by atoms with Crippen LogP contribution in [-0.4, -0.2) is 32.1 Å². The predicted octanol–water partition coefficient (Wildman–Crippen LogP) is 1.16. The molecular weight excluding hydrogens is 288 g/mol. The van der Waals surface area contributed by atoms with Crippen LogP contribution in [0.3, 0.4) is 0 Å². The average molecular weight is 304 g/mol. The van der Waals surface area contributed by atoms with Crippen LogP contribution < -0.4 is 11.1 Å². The van der Waals surface area contributed by atoms with E-state index in [0.29, 0.717) is 6.42 Å². The van der Waals surface area contributed by atoms with Gasteiger partial charge in [0.1, 0.15) is 12.0 Å². The first-order valence-electron chi connectivity index (χ1n) is 6.58. The maximum atomic E-state index is 11.4. The van der Waals surface area contributed by atoms with Crippen molar-refractivity contribution in [3.05, 3.63) is 45.4 Å². The number of H-pyrrole nitrogens is 1. The van der Waals surface area contributed by atoms with E-state index in [4.69, 9.17) is 5.73 Å². The van der Waals surface area contributed by atoms with Crippen molar-refractivity contribution in [3.63, 3.8) is 0 Å². The highest BCUT2D eigenvalue weighted by atomic mass is 16.6. The largest absolute Gasteiger partial charge is 0.367 e. The molecule has 0 aliphatic rings. The van der Waals surface area contributed by atoms with E-state index in [1.54, 1.807) is 0 Å². The van der Waals surface area contributed by atoms with Crippen LogP contribution in [0.1, 0.15) is 28.7 Å². The molecule has 0 radical (unpaired) electrons. The Bertz CT molecular complexity index is 712. The highest BCUT2D eigenvalue weighted by Crippen LogP contribution is 2.20. The van der Waals surface area contributed by atoms with Gasteiger partial charge in [-0.15, -0.1) is 0 Å². The van der Waals surface area contributed by atoms with Crippen LogP contribution in [-0.2, 0) is 6.42 Å². The van der Waals surface area contributed by atoms with Gasteiger partial charge < -0.3 is 11.1 Å². The first-order valence-corrected chi connectivity index (χ1v) is 6.58. The van der Waals surface area contributed by atoms with Crippen molar-refractivity contribution in [2.45, 2.75) is 26.3 Å². The Morgan fingerprint density at radius 3 is 2.82 bits per heavy atom. The van der Waals surface area contributed by atoms with Gasteiger partial charge in [0.15, 0.2) is 0 Å². The number of carbonyl (C=O) groups excluding carboxylic acids is 1. The van der Waals surface area contributed by atoms with E-state index in [0.717, 1.165) is 23.7 Å². The number of pyridine rings is 1. The quantitative estimate of drug-likeness (QED) is 0.540. The molecule has 9 heteroatoms. The number of nitrogens with one attached hydrogen (secondary N) is 2. The van der Waals surface area contributed by atoms with Crippen molar-refractivity contribution in [3.8, 4) is 0 Å². The summed E-state index contributed by atoms with van der Waals surface area (Å²) in [6.45, 7) is 3.79. The second kappa shape index (κ2) is 6.20. The number of carbonyl (C=O) groups is 1. The lowest BCUT2D eigenvalue weighted by atomic mass is 10.1. The fraction of sp³-hybridized carbons (Fsp3) is 0.308. The van der Waals surface area contributed by atoms with Gasteiger partial charge in [-0.05, 0) is 19.9 Å². The molecule has 0 aliphatic heterocycles. The molecule has 0 saturated carbocycles. The normalized spacial score (nSPS) is 11.9. The monoisotopic (exact) mass is 304 g/mol. The third-order valence-corrected chi connectivity index (χ3v) is 3.01. The summed E-state index contributed by atoms with van der Waals surface area (Å²) in [5, 5.41) is 20.7. The van der Waals surface area contributed by atoms with E-state index in [1.807, 2.05) is 19.9 Å². The summed E-state index contributed by atoms with van der Waals surface area (Å²) >= 11 is 0.